The Labute approximate surface area is 307 Å². The van der Waals surface area contributed by atoms with Crippen LogP contribution in [0.4, 0.5) is 39.8 Å². The molecule has 0 fully saturated rings. The molecule has 3 aromatic rings. The highest BCUT2D eigenvalue weighted by molar-refractivity contribution is 6.02. The second kappa shape index (κ2) is 18.6. The maximum absolute atomic E-state index is 14.4. The fraction of sp³-hybridized carbons (Fsp3) is 0.447. The van der Waals surface area contributed by atoms with Gasteiger partial charge in [-0.25, -0.2) is 9.59 Å². The van der Waals surface area contributed by atoms with Crippen molar-refractivity contribution >= 4 is 35.0 Å². The number of amides is 5. The minimum absolute atomic E-state index is 0.139. The van der Waals surface area contributed by atoms with Crippen LogP contribution >= 0.6 is 0 Å². The van der Waals surface area contributed by atoms with Crippen molar-refractivity contribution in [3.05, 3.63) is 77.9 Å². The van der Waals surface area contributed by atoms with Crippen LogP contribution in [0.2, 0.25) is 0 Å². The molecule has 3 aromatic carbocycles. The lowest BCUT2D eigenvalue weighted by Gasteiger charge is -2.35. The molecule has 0 spiro atoms. The second-order valence-corrected chi connectivity index (χ2v) is 13.2. The largest absolute Gasteiger partial charge is 0.497 e. The number of nitrogens with zero attached hydrogens (tertiary/aromatic N) is 2. The van der Waals surface area contributed by atoms with Crippen LogP contribution in [-0.2, 0) is 10.9 Å². The summed E-state index contributed by atoms with van der Waals surface area (Å²) in [6.07, 6.45) is -3.10. The number of anilines is 3. The van der Waals surface area contributed by atoms with E-state index in [1.54, 1.807) is 57.5 Å². The number of rotatable bonds is 8. The highest BCUT2D eigenvalue weighted by atomic mass is 19.4. The number of aliphatic hydroxyl groups excluding tert-OH is 1. The van der Waals surface area contributed by atoms with Gasteiger partial charge in [0, 0.05) is 49.7 Å². The average Bonchev–Trinajstić information content (AvgIpc) is 3.12. The van der Waals surface area contributed by atoms with Gasteiger partial charge in [0.1, 0.15) is 11.5 Å². The summed E-state index contributed by atoms with van der Waals surface area (Å²) in [5.74, 6) is 0.187. The van der Waals surface area contributed by atoms with Gasteiger partial charge < -0.3 is 45.1 Å². The van der Waals surface area contributed by atoms with E-state index in [-0.39, 0.29) is 54.7 Å². The zero-order valence-electron chi connectivity index (χ0n) is 30.5. The third-order valence-electron chi connectivity index (χ3n) is 8.92. The number of benzene rings is 3. The van der Waals surface area contributed by atoms with Crippen LogP contribution in [-0.4, -0.2) is 91.6 Å². The molecule has 288 valence electrons. The predicted molar refractivity (Wildman–Crippen MR) is 196 cm³/mol. The third-order valence-corrected chi connectivity index (χ3v) is 8.92. The Morgan fingerprint density at radius 2 is 1.60 bits per heavy atom. The van der Waals surface area contributed by atoms with E-state index in [0.717, 1.165) is 37.1 Å². The number of methoxy groups -OCH3 is 1. The molecule has 0 saturated heterocycles. The van der Waals surface area contributed by atoms with Gasteiger partial charge in [-0.1, -0.05) is 6.92 Å². The predicted octanol–water partition coefficient (Wildman–Crippen LogP) is 7.32. The number of fused-ring (bicyclic) bond motifs is 1. The van der Waals surface area contributed by atoms with Crippen molar-refractivity contribution in [1.29, 1.82) is 0 Å². The summed E-state index contributed by atoms with van der Waals surface area (Å²) in [4.78, 5) is 43.4. The SMILES string of the molecule is COc1ccc(NC(=O)N(C)C[C@H]2OCCCC[C@@H](C)Oc3ccc(NC(=O)Nc4ccc(C(F)(F)F)cc4)cc3C(=O)N([C@H](C)CO)C[C@H]2C)cc1. The van der Waals surface area contributed by atoms with Gasteiger partial charge in [-0.05, 0) is 99.8 Å². The molecule has 15 heteroatoms. The molecule has 12 nitrogen and oxygen atoms in total. The van der Waals surface area contributed by atoms with Gasteiger partial charge in [-0.3, -0.25) is 4.79 Å². The molecule has 53 heavy (non-hydrogen) atoms. The first-order chi connectivity index (χ1) is 25.2. The fourth-order valence-electron chi connectivity index (χ4n) is 5.74. The van der Waals surface area contributed by atoms with Crippen LogP contribution in [0.3, 0.4) is 0 Å². The quantitative estimate of drug-likeness (QED) is 0.190. The molecule has 4 rings (SSSR count). The van der Waals surface area contributed by atoms with Gasteiger partial charge in [-0.15, -0.1) is 0 Å². The number of ether oxygens (including phenoxy) is 3. The van der Waals surface area contributed by atoms with E-state index in [1.807, 2.05) is 13.8 Å². The van der Waals surface area contributed by atoms with Gasteiger partial charge in [0.15, 0.2) is 0 Å². The van der Waals surface area contributed by atoms with Crippen LogP contribution in [0.25, 0.3) is 0 Å². The van der Waals surface area contributed by atoms with Gasteiger partial charge in [0.25, 0.3) is 5.91 Å². The zero-order chi connectivity index (χ0) is 38.7. The first-order valence-electron chi connectivity index (χ1n) is 17.4. The molecule has 0 bridgehead atoms. The molecule has 0 aliphatic carbocycles. The molecule has 4 atom stereocenters. The van der Waals surface area contributed by atoms with Crippen molar-refractivity contribution < 1.29 is 46.9 Å². The Morgan fingerprint density at radius 3 is 2.25 bits per heavy atom. The van der Waals surface area contributed by atoms with Crippen LogP contribution in [0.15, 0.2) is 66.7 Å². The number of urea groups is 2. The molecule has 0 saturated carbocycles. The average molecular weight is 744 g/mol. The minimum Gasteiger partial charge on any atom is -0.497 e. The number of aliphatic hydroxyl groups is 1. The monoisotopic (exact) mass is 743 g/mol. The summed E-state index contributed by atoms with van der Waals surface area (Å²) >= 11 is 0. The lowest BCUT2D eigenvalue weighted by atomic mass is 10.0. The summed E-state index contributed by atoms with van der Waals surface area (Å²) < 4.78 is 56.7. The molecule has 0 unspecified atom stereocenters. The first-order valence-corrected chi connectivity index (χ1v) is 17.4. The van der Waals surface area contributed by atoms with E-state index < -0.39 is 35.8 Å². The lowest BCUT2D eigenvalue weighted by Crippen LogP contribution is -2.48. The number of nitrogens with one attached hydrogen (secondary N) is 3. The van der Waals surface area contributed by atoms with E-state index in [9.17, 15) is 32.7 Å². The fourth-order valence-corrected chi connectivity index (χ4v) is 5.74. The third kappa shape index (κ3) is 11.7. The van der Waals surface area contributed by atoms with Gasteiger partial charge >= 0.3 is 18.2 Å². The number of hydrogen-bond donors (Lipinski definition) is 4. The van der Waals surface area contributed by atoms with Gasteiger partial charge in [0.05, 0.1) is 43.1 Å². The van der Waals surface area contributed by atoms with Crippen LogP contribution < -0.4 is 25.4 Å². The summed E-state index contributed by atoms with van der Waals surface area (Å²) in [5, 5.41) is 18.2. The van der Waals surface area contributed by atoms with Gasteiger partial charge in [0.2, 0.25) is 0 Å². The molecule has 1 aliphatic rings. The Kier molecular flexibility index (Phi) is 14.3. The Morgan fingerprint density at radius 1 is 0.981 bits per heavy atom. The number of carbonyl (C=O) groups excluding carboxylic acids is 3. The van der Waals surface area contributed by atoms with E-state index in [2.05, 4.69) is 16.0 Å². The van der Waals surface area contributed by atoms with Crippen molar-refractivity contribution in [2.24, 2.45) is 5.92 Å². The Hall–Kier alpha value is -5.02. The second-order valence-electron chi connectivity index (χ2n) is 13.2. The standard InChI is InChI=1S/C38H48F3N5O7/c1-24-21-46(25(2)23-47)35(48)32-20-30(43-36(49)42-28-11-9-27(10-12-28)38(39,40)41)15-18-33(32)53-26(3)8-6-7-19-52-34(24)22-45(4)37(50)44-29-13-16-31(51-5)17-14-29/h9-18,20,24-26,34,47H,6-8,19,21-23H2,1-5H3,(H,44,50)(H2,42,43,49)/t24-,25-,26-,34-/m1/s1. The normalized spacial score (nSPS) is 19.2. The summed E-state index contributed by atoms with van der Waals surface area (Å²) in [7, 11) is 3.22. The van der Waals surface area contributed by atoms with E-state index in [1.165, 1.54) is 15.9 Å². The van der Waals surface area contributed by atoms with Crippen LogP contribution in [0.5, 0.6) is 11.5 Å². The highest BCUT2D eigenvalue weighted by Crippen LogP contribution is 2.31. The van der Waals surface area contributed by atoms with E-state index >= 15 is 0 Å². The molecule has 0 radical (unpaired) electrons. The minimum atomic E-state index is -4.51. The molecule has 5 amide bonds. The number of hydrogen-bond acceptors (Lipinski definition) is 7. The first kappa shape index (κ1) is 40.7. The highest BCUT2D eigenvalue weighted by Gasteiger charge is 2.32. The Bertz CT molecular complexity index is 1670. The zero-order valence-corrected chi connectivity index (χ0v) is 30.5. The van der Waals surface area contributed by atoms with E-state index in [0.29, 0.717) is 30.2 Å². The van der Waals surface area contributed by atoms with Crippen LogP contribution in [0.1, 0.15) is 56.0 Å². The summed E-state index contributed by atoms with van der Waals surface area (Å²) in [6, 6.07) is 13.9. The lowest BCUT2D eigenvalue weighted by molar-refractivity contribution is -0.137. The van der Waals surface area contributed by atoms with Crippen molar-refractivity contribution in [2.75, 3.05) is 56.4 Å². The number of halogens is 3. The molecule has 0 aromatic heterocycles. The smallest absolute Gasteiger partial charge is 0.416 e. The summed E-state index contributed by atoms with van der Waals surface area (Å²) in [5.41, 5.74) is 0.256. The van der Waals surface area contributed by atoms with Crippen molar-refractivity contribution in [2.45, 2.75) is 64.5 Å². The van der Waals surface area contributed by atoms with Crippen molar-refractivity contribution in [1.82, 2.24) is 9.80 Å². The topological polar surface area (TPSA) is 142 Å². The Balaban J connectivity index is 1.55. The summed E-state index contributed by atoms with van der Waals surface area (Å²) in [6.45, 7) is 5.98. The molecule has 4 N–H and O–H groups in total. The molecular weight excluding hydrogens is 695 g/mol. The van der Waals surface area contributed by atoms with Gasteiger partial charge in [-0.2, -0.15) is 13.2 Å². The number of carbonyl (C=O) groups is 3. The molecule has 1 aliphatic heterocycles. The molecule has 1 heterocycles. The number of likely N-dealkylation sites (N-methyl/N-ethyl adjacent to an activating group) is 1. The van der Waals surface area contributed by atoms with Crippen molar-refractivity contribution in [3.63, 3.8) is 0 Å². The maximum atomic E-state index is 14.4. The van der Waals surface area contributed by atoms with Crippen LogP contribution in [0, 0.1) is 5.92 Å². The van der Waals surface area contributed by atoms with Crippen molar-refractivity contribution in [3.8, 4) is 11.5 Å². The van der Waals surface area contributed by atoms with E-state index in [4.69, 9.17) is 14.2 Å². The molecular formula is C38H48F3N5O7. The maximum Gasteiger partial charge on any atom is 0.416 e. The number of alkyl halides is 3.